The van der Waals surface area contributed by atoms with Gasteiger partial charge in [0.25, 0.3) is 0 Å². The monoisotopic (exact) mass is 355 g/mol. The maximum absolute atomic E-state index is 11.2. The Hall–Kier alpha value is -2.72. The number of nitrogens with one attached hydrogen (secondary N) is 1. The second-order valence-corrected chi connectivity index (χ2v) is 6.07. The molecule has 0 radical (unpaired) electrons. The SMILES string of the molecule is O=C(O)c1cc(Cl)ccc1NCCCOc1ccc2ccccc2c1. The molecule has 0 unspecified atom stereocenters. The van der Waals surface area contributed by atoms with Crippen molar-refractivity contribution in [1.82, 2.24) is 0 Å². The Kier molecular flexibility index (Phi) is 5.41. The van der Waals surface area contributed by atoms with Crippen LogP contribution in [0.5, 0.6) is 5.75 Å². The lowest BCUT2D eigenvalue weighted by molar-refractivity contribution is 0.0698. The van der Waals surface area contributed by atoms with Crippen molar-refractivity contribution in [2.75, 3.05) is 18.5 Å². The van der Waals surface area contributed by atoms with Crippen molar-refractivity contribution >= 4 is 34.0 Å². The molecule has 0 atom stereocenters. The van der Waals surface area contributed by atoms with Crippen molar-refractivity contribution < 1.29 is 14.6 Å². The van der Waals surface area contributed by atoms with Crippen LogP contribution in [0.15, 0.2) is 60.7 Å². The smallest absolute Gasteiger partial charge is 0.337 e. The summed E-state index contributed by atoms with van der Waals surface area (Å²) in [6, 6.07) is 18.9. The van der Waals surface area contributed by atoms with E-state index >= 15 is 0 Å². The number of benzene rings is 3. The predicted molar refractivity (Wildman–Crippen MR) is 101 cm³/mol. The molecule has 25 heavy (non-hydrogen) atoms. The van der Waals surface area contributed by atoms with Gasteiger partial charge < -0.3 is 15.2 Å². The van der Waals surface area contributed by atoms with Crippen molar-refractivity contribution in [1.29, 1.82) is 0 Å². The molecular formula is C20H18ClNO3. The fraction of sp³-hybridized carbons (Fsp3) is 0.150. The molecule has 3 rings (SSSR count). The predicted octanol–water partition coefficient (Wildman–Crippen LogP) is 5.07. The summed E-state index contributed by atoms with van der Waals surface area (Å²) in [6.45, 7) is 1.15. The zero-order valence-corrected chi connectivity index (χ0v) is 14.3. The second-order valence-electron chi connectivity index (χ2n) is 5.63. The number of halogens is 1. The van der Waals surface area contributed by atoms with Crippen molar-refractivity contribution in [3.8, 4) is 5.75 Å². The quantitative estimate of drug-likeness (QED) is 0.581. The van der Waals surface area contributed by atoms with Gasteiger partial charge in [-0.25, -0.2) is 4.79 Å². The first-order valence-corrected chi connectivity index (χ1v) is 8.39. The highest BCUT2D eigenvalue weighted by Crippen LogP contribution is 2.22. The molecule has 0 saturated carbocycles. The van der Waals surface area contributed by atoms with Crippen molar-refractivity contribution in [3.63, 3.8) is 0 Å². The lowest BCUT2D eigenvalue weighted by Gasteiger charge is -2.11. The largest absolute Gasteiger partial charge is 0.494 e. The number of carboxylic acids is 1. The maximum Gasteiger partial charge on any atom is 0.337 e. The first-order chi connectivity index (χ1) is 12.1. The molecule has 0 fully saturated rings. The fourth-order valence-corrected chi connectivity index (χ4v) is 2.76. The van der Waals surface area contributed by atoms with Gasteiger partial charge in [0, 0.05) is 17.3 Å². The number of fused-ring (bicyclic) bond motifs is 1. The van der Waals surface area contributed by atoms with Gasteiger partial charge >= 0.3 is 5.97 Å². The normalized spacial score (nSPS) is 10.6. The van der Waals surface area contributed by atoms with Gasteiger partial charge in [-0.1, -0.05) is 41.9 Å². The Bertz CT molecular complexity index is 895. The Labute approximate surface area is 151 Å². The molecule has 0 aliphatic heterocycles. The van der Waals surface area contributed by atoms with Crippen LogP contribution in [0.2, 0.25) is 5.02 Å². The summed E-state index contributed by atoms with van der Waals surface area (Å²) >= 11 is 5.84. The van der Waals surface area contributed by atoms with Gasteiger partial charge in [-0.15, -0.1) is 0 Å². The molecule has 0 spiro atoms. The minimum absolute atomic E-state index is 0.169. The Balaban J connectivity index is 1.51. The van der Waals surface area contributed by atoms with E-state index in [1.165, 1.54) is 11.5 Å². The number of hydrogen-bond acceptors (Lipinski definition) is 3. The highest BCUT2D eigenvalue weighted by molar-refractivity contribution is 6.31. The van der Waals surface area contributed by atoms with Crippen LogP contribution < -0.4 is 10.1 Å². The lowest BCUT2D eigenvalue weighted by atomic mass is 10.1. The summed E-state index contributed by atoms with van der Waals surface area (Å²) in [6.07, 6.45) is 0.745. The summed E-state index contributed by atoms with van der Waals surface area (Å²) in [5, 5.41) is 15.1. The first-order valence-electron chi connectivity index (χ1n) is 8.02. The van der Waals surface area contributed by atoms with Crippen LogP contribution >= 0.6 is 11.6 Å². The molecule has 0 aromatic heterocycles. The first kappa shape index (κ1) is 17.1. The van der Waals surface area contributed by atoms with Crippen molar-refractivity contribution in [2.24, 2.45) is 0 Å². The summed E-state index contributed by atoms with van der Waals surface area (Å²) in [7, 11) is 0. The number of hydrogen-bond donors (Lipinski definition) is 2. The van der Waals surface area contributed by atoms with E-state index in [0.29, 0.717) is 23.9 Å². The Morgan fingerprint density at radius 2 is 1.84 bits per heavy atom. The van der Waals surface area contributed by atoms with Gasteiger partial charge in [0.15, 0.2) is 0 Å². The molecular weight excluding hydrogens is 338 g/mol. The second kappa shape index (κ2) is 7.90. The van der Waals surface area contributed by atoms with Crippen molar-refractivity contribution in [3.05, 3.63) is 71.2 Å². The standard InChI is InChI=1S/C20H18ClNO3/c21-16-7-9-19(18(13-16)20(23)24)22-10-3-11-25-17-8-6-14-4-1-2-5-15(14)12-17/h1-2,4-9,12-13,22H,3,10-11H2,(H,23,24). The lowest BCUT2D eigenvalue weighted by Crippen LogP contribution is -2.10. The molecule has 0 aliphatic carbocycles. The summed E-state index contributed by atoms with van der Waals surface area (Å²) in [5.41, 5.74) is 0.727. The molecule has 4 nitrogen and oxygen atoms in total. The zero-order chi connectivity index (χ0) is 17.6. The average Bonchev–Trinajstić information content (AvgIpc) is 2.62. The van der Waals surface area contributed by atoms with Crippen LogP contribution in [0.25, 0.3) is 10.8 Å². The molecule has 3 aromatic carbocycles. The third kappa shape index (κ3) is 4.43. The minimum Gasteiger partial charge on any atom is -0.494 e. The maximum atomic E-state index is 11.2. The topological polar surface area (TPSA) is 58.6 Å². The molecule has 0 saturated heterocycles. The highest BCUT2D eigenvalue weighted by Gasteiger charge is 2.10. The van der Waals surface area contributed by atoms with Crippen LogP contribution in [0.3, 0.4) is 0 Å². The average molecular weight is 356 g/mol. The van der Waals surface area contributed by atoms with Crippen LogP contribution in [-0.2, 0) is 0 Å². The van der Waals surface area contributed by atoms with E-state index in [4.69, 9.17) is 16.3 Å². The van der Waals surface area contributed by atoms with Gasteiger partial charge in [-0.05, 0) is 47.5 Å². The van der Waals surface area contributed by atoms with Crippen LogP contribution in [0, 0.1) is 0 Å². The highest BCUT2D eigenvalue weighted by atomic mass is 35.5. The Morgan fingerprint density at radius 1 is 1.04 bits per heavy atom. The van der Waals surface area contributed by atoms with E-state index in [1.54, 1.807) is 12.1 Å². The molecule has 3 aromatic rings. The molecule has 0 heterocycles. The van der Waals surface area contributed by atoms with Gasteiger partial charge in [-0.3, -0.25) is 0 Å². The summed E-state index contributed by atoms with van der Waals surface area (Å²) < 4.78 is 5.77. The van der Waals surface area contributed by atoms with E-state index in [1.807, 2.05) is 30.3 Å². The number of anilines is 1. The molecule has 2 N–H and O–H groups in total. The third-order valence-corrected chi connectivity index (χ3v) is 4.07. The van der Waals surface area contributed by atoms with E-state index < -0.39 is 5.97 Å². The molecule has 5 heteroatoms. The molecule has 0 amide bonds. The molecule has 0 aliphatic rings. The molecule has 0 bridgehead atoms. The summed E-state index contributed by atoms with van der Waals surface area (Å²) in [5.74, 6) is -0.172. The van der Waals surface area contributed by atoms with E-state index in [9.17, 15) is 9.90 Å². The minimum atomic E-state index is -1.00. The number of carbonyl (C=O) groups is 1. The number of rotatable bonds is 7. The van der Waals surface area contributed by atoms with Gasteiger partial charge in [0.1, 0.15) is 5.75 Å². The number of ether oxygens (including phenoxy) is 1. The number of aromatic carboxylic acids is 1. The van der Waals surface area contributed by atoms with E-state index in [0.717, 1.165) is 17.6 Å². The van der Waals surface area contributed by atoms with Gasteiger partial charge in [0.05, 0.1) is 12.2 Å². The van der Waals surface area contributed by atoms with Gasteiger partial charge in [0.2, 0.25) is 0 Å². The zero-order valence-electron chi connectivity index (χ0n) is 13.5. The van der Waals surface area contributed by atoms with Gasteiger partial charge in [-0.2, -0.15) is 0 Å². The van der Waals surface area contributed by atoms with Crippen molar-refractivity contribution in [2.45, 2.75) is 6.42 Å². The fourth-order valence-electron chi connectivity index (χ4n) is 2.59. The number of carboxylic acid groups (broad SMARTS) is 1. The molecule has 128 valence electrons. The van der Waals surface area contributed by atoms with Crippen LogP contribution in [0.4, 0.5) is 5.69 Å². The van der Waals surface area contributed by atoms with Crippen LogP contribution in [0.1, 0.15) is 16.8 Å². The van der Waals surface area contributed by atoms with Crippen LogP contribution in [-0.4, -0.2) is 24.2 Å². The third-order valence-electron chi connectivity index (χ3n) is 3.84. The van der Waals surface area contributed by atoms with E-state index in [-0.39, 0.29) is 5.56 Å². The summed E-state index contributed by atoms with van der Waals surface area (Å²) in [4.78, 5) is 11.2. The van der Waals surface area contributed by atoms with E-state index in [2.05, 4.69) is 17.4 Å². The Morgan fingerprint density at radius 3 is 2.64 bits per heavy atom.